The summed E-state index contributed by atoms with van der Waals surface area (Å²) in [6, 6.07) is 1.95. The van der Waals surface area contributed by atoms with Crippen LogP contribution in [0.25, 0.3) is 11.0 Å². The van der Waals surface area contributed by atoms with E-state index in [9.17, 15) is 5.11 Å². The molecule has 0 aliphatic rings. The van der Waals surface area contributed by atoms with Crippen LogP contribution in [0, 0.1) is 5.92 Å². The number of aliphatic hydroxyl groups is 1. The van der Waals surface area contributed by atoms with Crippen molar-refractivity contribution in [3.8, 4) is 0 Å². The van der Waals surface area contributed by atoms with Gasteiger partial charge in [-0.1, -0.05) is 13.8 Å². The van der Waals surface area contributed by atoms with Crippen LogP contribution in [0.5, 0.6) is 0 Å². The number of nitrogens with zero attached hydrogens (tertiary/aromatic N) is 3. The monoisotopic (exact) mass is 248 g/mol. The number of rotatable bonds is 5. The van der Waals surface area contributed by atoms with Gasteiger partial charge in [-0.05, 0) is 18.4 Å². The zero-order valence-corrected chi connectivity index (χ0v) is 11.1. The van der Waals surface area contributed by atoms with Crippen molar-refractivity contribution in [3.05, 3.63) is 18.6 Å². The van der Waals surface area contributed by atoms with Gasteiger partial charge < -0.3 is 15.0 Å². The Morgan fingerprint density at radius 3 is 2.83 bits per heavy atom. The van der Waals surface area contributed by atoms with Crippen LogP contribution in [-0.2, 0) is 7.05 Å². The molecule has 2 aromatic heterocycles. The molecule has 0 saturated carbocycles. The first-order chi connectivity index (χ1) is 8.61. The summed E-state index contributed by atoms with van der Waals surface area (Å²) in [4.78, 5) is 8.66. The summed E-state index contributed by atoms with van der Waals surface area (Å²) in [6.45, 7) is 4.38. The molecule has 5 nitrogen and oxygen atoms in total. The van der Waals surface area contributed by atoms with Gasteiger partial charge in [-0.15, -0.1) is 0 Å². The van der Waals surface area contributed by atoms with Gasteiger partial charge in [-0.25, -0.2) is 9.97 Å². The van der Waals surface area contributed by atoms with E-state index < -0.39 is 0 Å². The standard InChI is InChI=1S/C13H20N4O/c1-9(2)6-10(7-18)16-13-12-11(4-5-14-13)17(3)8-15-12/h4-5,8-10,18H,6-7H2,1-3H3,(H,14,16). The van der Waals surface area contributed by atoms with Crippen molar-refractivity contribution in [2.24, 2.45) is 13.0 Å². The fraction of sp³-hybridized carbons (Fsp3) is 0.538. The Balaban J connectivity index is 2.25. The minimum atomic E-state index is 0.0186. The molecule has 0 aliphatic heterocycles. The molecular formula is C13H20N4O. The number of aromatic nitrogens is 3. The molecule has 2 heterocycles. The number of aliphatic hydroxyl groups excluding tert-OH is 1. The lowest BCUT2D eigenvalue weighted by Crippen LogP contribution is -2.26. The van der Waals surface area contributed by atoms with Crippen molar-refractivity contribution in [2.45, 2.75) is 26.3 Å². The summed E-state index contributed by atoms with van der Waals surface area (Å²) >= 11 is 0. The van der Waals surface area contributed by atoms with Gasteiger partial charge in [0.25, 0.3) is 0 Å². The van der Waals surface area contributed by atoms with Crippen molar-refractivity contribution in [1.82, 2.24) is 14.5 Å². The zero-order chi connectivity index (χ0) is 13.1. The molecule has 5 heteroatoms. The molecular weight excluding hydrogens is 228 g/mol. The topological polar surface area (TPSA) is 63.0 Å². The predicted octanol–water partition coefficient (Wildman–Crippen LogP) is 1.79. The molecule has 0 fully saturated rings. The molecule has 98 valence electrons. The Labute approximate surface area is 107 Å². The SMILES string of the molecule is CC(C)CC(CO)Nc1nccc2c1ncn2C. The molecule has 2 aromatic rings. The minimum absolute atomic E-state index is 0.0186. The van der Waals surface area contributed by atoms with Crippen LogP contribution in [0.15, 0.2) is 18.6 Å². The number of nitrogens with one attached hydrogen (secondary N) is 1. The van der Waals surface area contributed by atoms with Gasteiger partial charge in [-0.3, -0.25) is 0 Å². The van der Waals surface area contributed by atoms with Gasteiger partial charge in [0.15, 0.2) is 5.82 Å². The summed E-state index contributed by atoms with van der Waals surface area (Å²) in [7, 11) is 1.96. The second-order valence-electron chi connectivity index (χ2n) is 5.04. The van der Waals surface area contributed by atoms with Crippen LogP contribution in [0.3, 0.4) is 0 Å². The van der Waals surface area contributed by atoms with E-state index >= 15 is 0 Å². The molecule has 2 N–H and O–H groups in total. The van der Waals surface area contributed by atoms with Crippen molar-refractivity contribution in [3.63, 3.8) is 0 Å². The largest absolute Gasteiger partial charge is 0.394 e. The van der Waals surface area contributed by atoms with Gasteiger partial charge >= 0.3 is 0 Å². The van der Waals surface area contributed by atoms with Crippen LogP contribution in [0.4, 0.5) is 5.82 Å². The Kier molecular flexibility index (Phi) is 3.81. The Hall–Kier alpha value is -1.62. The zero-order valence-electron chi connectivity index (χ0n) is 11.1. The van der Waals surface area contributed by atoms with E-state index in [4.69, 9.17) is 0 Å². The molecule has 0 aromatic carbocycles. The molecule has 1 unspecified atom stereocenters. The third-order valence-corrected chi connectivity index (χ3v) is 2.96. The van der Waals surface area contributed by atoms with Crippen LogP contribution in [-0.4, -0.2) is 32.3 Å². The quantitative estimate of drug-likeness (QED) is 0.846. The predicted molar refractivity (Wildman–Crippen MR) is 72.5 cm³/mol. The Morgan fingerprint density at radius 2 is 2.17 bits per heavy atom. The number of aryl methyl sites for hydroxylation is 1. The summed E-state index contributed by atoms with van der Waals surface area (Å²) < 4.78 is 1.96. The number of fused-ring (bicyclic) bond motifs is 1. The summed E-state index contributed by atoms with van der Waals surface area (Å²) in [5, 5.41) is 12.7. The highest BCUT2D eigenvalue weighted by Gasteiger charge is 2.13. The number of imidazole rings is 1. The summed E-state index contributed by atoms with van der Waals surface area (Å²) in [5.74, 6) is 1.27. The fourth-order valence-corrected chi connectivity index (χ4v) is 2.11. The van der Waals surface area contributed by atoms with Gasteiger partial charge in [0.2, 0.25) is 0 Å². The normalized spacial score (nSPS) is 13.2. The smallest absolute Gasteiger partial charge is 0.154 e. The molecule has 0 aliphatic carbocycles. The molecule has 0 radical (unpaired) electrons. The maximum atomic E-state index is 9.40. The average molecular weight is 248 g/mol. The van der Waals surface area contributed by atoms with Crippen LogP contribution in [0.1, 0.15) is 20.3 Å². The highest BCUT2D eigenvalue weighted by molar-refractivity contribution is 5.85. The van der Waals surface area contributed by atoms with E-state index in [2.05, 4.69) is 29.1 Å². The van der Waals surface area contributed by atoms with Crippen LogP contribution >= 0.6 is 0 Å². The average Bonchev–Trinajstić information content (AvgIpc) is 2.71. The maximum Gasteiger partial charge on any atom is 0.154 e. The van der Waals surface area contributed by atoms with Crippen molar-refractivity contribution in [1.29, 1.82) is 0 Å². The Morgan fingerprint density at radius 1 is 1.39 bits per heavy atom. The van der Waals surface area contributed by atoms with Crippen molar-refractivity contribution in [2.75, 3.05) is 11.9 Å². The Bertz CT molecular complexity index is 521. The second-order valence-corrected chi connectivity index (χ2v) is 5.04. The maximum absolute atomic E-state index is 9.40. The van der Waals surface area contributed by atoms with E-state index in [1.165, 1.54) is 0 Å². The third kappa shape index (κ3) is 2.61. The van der Waals surface area contributed by atoms with E-state index in [0.717, 1.165) is 23.3 Å². The highest BCUT2D eigenvalue weighted by Crippen LogP contribution is 2.20. The van der Waals surface area contributed by atoms with Gasteiger partial charge in [-0.2, -0.15) is 0 Å². The molecule has 0 spiro atoms. The number of hydrogen-bond donors (Lipinski definition) is 2. The fourth-order valence-electron chi connectivity index (χ4n) is 2.11. The number of pyridine rings is 1. The van der Waals surface area contributed by atoms with E-state index in [0.29, 0.717) is 5.92 Å². The van der Waals surface area contributed by atoms with Gasteiger partial charge in [0.1, 0.15) is 5.52 Å². The van der Waals surface area contributed by atoms with Crippen LogP contribution in [0.2, 0.25) is 0 Å². The molecule has 0 amide bonds. The van der Waals surface area contributed by atoms with Gasteiger partial charge in [0.05, 0.1) is 24.5 Å². The van der Waals surface area contributed by atoms with Crippen LogP contribution < -0.4 is 5.32 Å². The molecule has 1 atom stereocenters. The number of hydrogen-bond acceptors (Lipinski definition) is 4. The summed E-state index contributed by atoms with van der Waals surface area (Å²) in [6.07, 6.45) is 4.44. The van der Waals surface area contributed by atoms with Gasteiger partial charge in [0, 0.05) is 13.2 Å². The second kappa shape index (κ2) is 5.35. The molecule has 0 bridgehead atoms. The van der Waals surface area contributed by atoms with E-state index in [-0.39, 0.29) is 12.6 Å². The lowest BCUT2D eigenvalue weighted by atomic mass is 10.0. The minimum Gasteiger partial charge on any atom is -0.394 e. The molecule has 2 rings (SSSR count). The van der Waals surface area contributed by atoms with Crippen molar-refractivity contribution < 1.29 is 5.11 Å². The van der Waals surface area contributed by atoms with E-state index in [1.54, 1.807) is 12.5 Å². The lowest BCUT2D eigenvalue weighted by molar-refractivity contribution is 0.259. The first-order valence-electron chi connectivity index (χ1n) is 6.25. The van der Waals surface area contributed by atoms with E-state index in [1.807, 2.05) is 17.7 Å². The first-order valence-corrected chi connectivity index (χ1v) is 6.25. The summed E-state index contributed by atoms with van der Waals surface area (Å²) in [5.41, 5.74) is 1.89. The number of anilines is 1. The first kappa shape index (κ1) is 12.8. The lowest BCUT2D eigenvalue weighted by Gasteiger charge is -2.18. The third-order valence-electron chi connectivity index (χ3n) is 2.96. The van der Waals surface area contributed by atoms with Crippen molar-refractivity contribution >= 4 is 16.9 Å². The molecule has 18 heavy (non-hydrogen) atoms. The highest BCUT2D eigenvalue weighted by atomic mass is 16.3. The molecule has 0 saturated heterocycles.